The molecule has 4 rings (SSSR count). The molecule has 0 heterocycles. The number of allylic oxidation sites excluding steroid dienone is 2. The molecule has 0 aliphatic heterocycles. The van der Waals surface area contributed by atoms with Crippen LogP contribution in [-0.4, -0.2) is 17.0 Å². The number of aliphatic hydroxyl groups excluding tert-OH is 1. The van der Waals surface area contributed by atoms with E-state index in [1.165, 1.54) is 38.5 Å². The van der Waals surface area contributed by atoms with Gasteiger partial charge in [-0.25, -0.2) is 0 Å². The normalized spacial score (nSPS) is 53.4. The van der Waals surface area contributed by atoms with Gasteiger partial charge in [-0.1, -0.05) is 19.9 Å². The summed E-state index contributed by atoms with van der Waals surface area (Å²) in [7, 11) is 0. The highest BCUT2D eigenvalue weighted by Crippen LogP contribution is 2.66. The van der Waals surface area contributed by atoms with Crippen molar-refractivity contribution in [1.82, 2.24) is 0 Å². The fourth-order valence-corrected chi connectivity index (χ4v) is 7.55. The molecular weight excluding hydrogens is 284 g/mol. The number of ketones is 1. The third kappa shape index (κ3) is 2.13. The third-order valence-electron chi connectivity index (χ3n) is 8.67. The highest BCUT2D eigenvalue weighted by atomic mass is 16.3. The second-order valence-corrected chi connectivity index (χ2v) is 9.54. The van der Waals surface area contributed by atoms with Crippen molar-refractivity contribution in [3.8, 4) is 0 Å². The van der Waals surface area contributed by atoms with Crippen LogP contribution in [0.4, 0.5) is 0 Å². The van der Waals surface area contributed by atoms with Crippen molar-refractivity contribution in [3.05, 3.63) is 12.2 Å². The Balaban J connectivity index is 1.65. The molecular formula is C21H32O2. The van der Waals surface area contributed by atoms with E-state index >= 15 is 0 Å². The number of hydrogen-bond acceptors (Lipinski definition) is 2. The molecule has 1 N–H and O–H groups in total. The summed E-state index contributed by atoms with van der Waals surface area (Å²) in [6.07, 6.45) is 12.2. The lowest BCUT2D eigenvalue weighted by atomic mass is 9.45. The summed E-state index contributed by atoms with van der Waals surface area (Å²) in [6, 6.07) is 0. The molecule has 8 atom stereocenters. The average molecular weight is 316 g/mol. The number of aliphatic hydroxyl groups is 1. The van der Waals surface area contributed by atoms with Gasteiger partial charge in [-0.05, 0) is 91.9 Å². The van der Waals surface area contributed by atoms with Gasteiger partial charge in [0.2, 0.25) is 0 Å². The van der Waals surface area contributed by atoms with Crippen LogP contribution in [0, 0.1) is 40.4 Å². The lowest BCUT2D eigenvalue weighted by Gasteiger charge is -2.59. The molecule has 128 valence electrons. The Morgan fingerprint density at radius 2 is 1.83 bits per heavy atom. The maximum atomic E-state index is 12.1. The first-order valence-electron chi connectivity index (χ1n) is 9.75. The molecule has 0 bridgehead atoms. The minimum Gasteiger partial charge on any atom is -0.393 e. The van der Waals surface area contributed by atoms with Crippen molar-refractivity contribution in [1.29, 1.82) is 0 Å². The van der Waals surface area contributed by atoms with Crippen LogP contribution in [0.5, 0.6) is 0 Å². The van der Waals surface area contributed by atoms with Crippen LogP contribution in [0.1, 0.15) is 65.7 Å². The van der Waals surface area contributed by atoms with Gasteiger partial charge in [0, 0.05) is 6.42 Å². The Morgan fingerprint density at radius 1 is 1.09 bits per heavy atom. The standard InChI is InChI=1S/C21H32O2/c1-13(22)17-8-9-18-16-7-5-14-4-6-15(23)12-21(14,3)19(16)10-11-20(17,18)2/h4,6,13-14,16-19,22H,5,7-12H2,1-3H3/t13?,14?,16-,17+,18-,19-,20+,21-/m0/s1. The zero-order valence-corrected chi connectivity index (χ0v) is 14.9. The van der Waals surface area contributed by atoms with E-state index in [9.17, 15) is 9.90 Å². The van der Waals surface area contributed by atoms with E-state index in [1.54, 1.807) is 0 Å². The van der Waals surface area contributed by atoms with Crippen LogP contribution in [-0.2, 0) is 4.79 Å². The lowest BCUT2D eigenvalue weighted by molar-refractivity contribution is -0.129. The van der Waals surface area contributed by atoms with Gasteiger partial charge in [0.25, 0.3) is 0 Å². The molecule has 0 amide bonds. The van der Waals surface area contributed by atoms with Crippen LogP contribution in [0.2, 0.25) is 0 Å². The zero-order chi connectivity index (χ0) is 16.4. The van der Waals surface area contributed by atoms with Crippen molar-refractivity contribution in [3.63, 3.8) is 0 Å². The van der Waals surface area contributed by atoms with Crippen LogP contribution in [0.25, 0.3) is 0 Å². The Hall–Kier alpha value is -0.630. The highest BCUT2D eigenvalue weighted by Gasteiger charge is 2.60. The fraction of sp³-hybridized carbons (Fsp3) is 0.857. The smallest absolute Gasteiger partial charge is 0.155 e. The van der Waals surface area contributed by atoms with E-state index < -0.39 is 0 Å². The fourth-order valence-electron chi connectivity index (χ4n) is 7.55. The molecule has 0 radical (unpaired) electrons. The van der Waals surface area contributed by atoms with Gasteiger partial charge in [0.05, 0.1) is 6.10 Å². The molecule has 0 saturated heterocycles. The molecule has 3 fully saturated rings. The monoisotopic (exact) mass is 316 g/mol. The minimum atomic E-state index is -0.173. The first-order chi connectivity index (χ1) is 10.9. The predicted octanol–water partition coefficient (Wildman–Crippen LogP) is 4.37. The van der Waals surface area contributed by atoms with Crippen LogP contribution >= 0.6 is 0 Å². The topological polar surface area (TPSA) is 37.3 Å². The molecule has 0 aromatic heterocycles. The Labute approximate surface area is 140 Å². The van der Waals surface area contributed by atoms with Gasteiger partial charge < -0.3 is 5.11 Å². The summed E-state index contributed by atoms with van der Waals surface area (Å²) in [4.78, 5) is 12.1. The van der Waals surface area contributed by atoms with Crippen molar-refractivity contribution in [2.45, 2.75) is 71.8 Å². The van der Waals surface area contributed by atoms with Gasteiger partial charge in [0.1, 0.15) is 0 Å². The second kappa shape index (κ2) is 5.18. The molecule has 4 aliphatic rings. The van der Waals surface area contributed by atoms with E-state index in [1.807, 2.05) is 13.0 Å². The van der Waals surface area contributed by atoms with E-state index in [0.29, 0.717) is 29.0 Å². The molecule has 2 nitrogen and oxygen atoms in total. The zero-order valence-electron chi connectivity index (χ0n) is 14.9. The maximum Gasteiger partial charge on any atom is 0.155 e. The van der Waals surface area contributed by atoms with Crippen molar-refractivity contribution in [2.75, 3.05) is 0 Å². The van der Waals surface area contributed by atoms with Gasteiger partial charge >= 0.3 is 0 Å². The van der Waals surface area contributed by atoms with Crippen LogP contribution < -0.4 is 0 Å². The third-order valence-corrected chi connectivity index (χ3v) is 8.67. The van der Waals surface area contributed by atoms with Gasteiger partial charge in [-0.2, -0.15) is 0 Å². The van der Waals surface area contributed by atoms with Crippen molar-refractivity contribution < 1.29 is 9.90 Å². The van der Waals surface area contributed by atoms with Gasteiger partial charge in [-0.3, -0.25) is 4.79 Å². The van der Waals surface area contributed by atoms with Crippen LogP contribution in [0.15, 0.2) is 12.2 Å². The second-order valence-electron chi connectivity index (χ2n) is 9.54. The summed E-state index contributed by atoms with van der Waals surface area (Å²) >= 11 is 0. The number of fused-ring (bicyclic) bond motifs is 5. The van der Waals surface area contributed by atoms with E-state index in [0.717, 1.165) is 18.3 Å². The number of rotatable bonds is 1. The van der Waals surface area contributed by atoms with E-state index in [4.69, 9.17) is 0 Å². The average Bonchev–Trinajstić information content (AvgIpc) is 2.83. The molecule has 0 aromatic carbocycles. The van der Waals surface area contributed by atoms with Crippen molar-refractivity contribution >= 4 is 5.78 Å². The van der Waals surface area contributed by atoms with E-state index in [2.05, 4.69) is 19.9 Å². The van der Waals surface area contributed by atoms with Crippen molar-refractivity contribution in [2.24, 2.45) is 40.4 Å². The summed E-state index contributed by atoms with van der Waals surface area (Å²) in [6.45, 7) is 6.85. The van der Waals surface area contributed by atoms with Crippen LogP contribution in [0.3, 0.4) is 0 Å². The summed E-state index contributed by atoms with van der Waals surface area (Å²) in [5.74, 6) is 3.68. The largest absolute Gasteiger partial charge is 0.393 e. The molecule has 4 aliphatic carbocycles. The molecule has 3 saturated carbocycles. The van der Waals surface area contributed by atoms with Gasteiger partial charge in [-0.15, -0.1) is 0 Å². The Kier molecular flexibility index (Phi) is 3.58. The first-order valence-corrected chi connectivity index (χ1v) is 9.75. The number of hydrogen-bond donors (Lipinski definition) is 1. The summed E-state index contributed by atoms with van der Waals surface area (Å²) in [5.41, 5.74) is 0.520. The first kappa shape index (κ1) is 15.9. The Bertz CT molecular complexity index is 536. The summed E-state index contributed by atoms with van der Waals surface area (Å²) in [5, 5.41) is 10.3. The lowest BCUT2D eigenvalue weighted by Crippen LogP contribution is -2.53. The SMILES string of the molecule is CC(O)[C@H]1CC[C@H]2[C@@H]3CCC4C=CC(=O)C[C@]4(C)[C@H]3CC[C@]12C. The minimum absolute atomic E-state index is 0.173. The predicted molar refractivity (Wildman–Crippen MR) is 91.8 cm³/mol. The maximum absolute atomic E-state index is 12.1. The molecule has 0 spiro atoms. The van der Waals surface area contributed by atoms with Gasteiger partial charge in [0.15, 0.2) is 5.78 Å². The molecule has 2 heteroatoms. The number of carbonyl (C=O) groups excluding carboxylic acids is 1. The van der Waals surface area contributed by atoms with E-state index in [-0.39, 0.29) is 11.5 Å². The quantitative estimate of drug-likeness (QED) is 0.780. The summed E-state index contributed by atoms with van der Waals surface area (Å²) < 4.78 is 0. The molecule has 0 aromatic rings. The Morgan fingerprint density at radius 3 is 2.57 bits per heavy atom. The molecule has 2 unspecified atom stereocenters. The molecule has 23 heavy (non-hydrogen) atoms. The highest BCUT2D eigenvalue weighted by molar-refractivity contribution is 5.91. The number of carbonyl (C=O) groups is 1.